The number of hydrogen-bond donors (Lipinski definition) is 1. The van der Waals surface area contributed by atoms with Crippen LogP contribution >= 0.6 is 0 Å². The number of benzene rings is 1. The zero-order chi connectivity index (χ0) is 14.8. The summed E-state index contributed by atoms with van der Waals surface area (Å²) in [6, 6.07) is 11.9. The summed E-state index contributed by atoms with van der Waals surface area (Å²) in [4.78, 5) is 15.8. The van der Waals surface area contributed by atoms with Crippen LogP contribution < -0.4 is 5.32 Å². The van der Waals surface area contributed by atoms with E-state index < -0.39 is 0 Å². The van der Waals surface area contributed by atoms with E-state index in [-0.39, 0.29) is 5.91 Å². The molecule has 0 aliphatic heterocycles. The van der Waals surface area contributed by atoms with Crippen LogP contribution in [-0.2, 0) is 11.3 Å². The van der Waals surface area contributed by atoms with Gasteiger partial charge in [0.25, 0.3) is 0 Å². The Balaban J connectivity index is 2.13. The minimum Gasteiger partial charge on any atom is -0.351 e. The first-order chi connectivity index (χ1) is 10.1. The number of nitrogens with zero attached hydrogens (tertiary/aromatic N) is 3. The molecule has 1 aromatic carbocycles. The Morgan fingerprint density at radius 2 is 2.00 bits per heavy atom. The van der Waals surface area contributed by atoms with E-state index in [4.69, 9.17) is 0 Å². The molecule has 0 radical (unpaired) electrons. The minimum atomic E-state index is -0.0734. The van der Waals surface area contributed by atoms with Gasteiger partial charge in [-0.05, 0) is 19.1 Å². The van der Waals surface area contributed by atoms with Gasteiger partial charge in [-0.2, -0.15) is 5.10 Å². The van der Waals surface area contributed by atoms with Crippen molar-refractivity contribution in [2.24, 2.45) is 0 Å². The van der Waals surface area contributed by atoms with Gasteiger partial charge in [-0.25, -0.2) is 9.50 Å². The standard InChI is InChI=1S/C16H16N4O/c1-11-5-7-13(8-6-11)16-14(10-17-12(2)21)20-15(19-16)4-3-9-18-20/h3-9H,10H2,1-2H3,(H,17,21). The number of rotatable bonds is 3. The number of amides is 1. The number of hydrogen-bond acceptors (Lipinski definition) is 3. The number of fused-ring (bicyclic) bond motifs is 1. The maximum atomic E-state index is 11.2. The lowest BCUT2D eigenvalue weighted by Crippen LogP contribution is -2.20. The molecule has 0 atom stereocenters. The average molecular weight is 280 g/mol. The van der Waals surface area contributed by atoms with Crippen molar-refractivity contribution in [2.45, 2.75) is 20.4 Å². The van der Waals surface area contributed by atoms with Crippen LogP contribution in [0.15, 0.2) is 42.6 Å². The Hall–Kier alpha value is -2.69. The summed E-state index contributed by atoms with van der Waals surface area (Å²) in [5, 5.41) is 7.15. The molecule has 106 valence electrons. The van der Waals surface area contributed by atoms with Gasteiger partial charge in [0.15, 0.2) is 5.65 Å². The van der Waals surface area contributed by atoms with Gasteiger partial charge >= 0.3 is 0 Å². The quantitative estimate of drug-likeness (QED) is 0.801. The molecule has 3 aromatic rings. The van der Waals surface area contributed by atoms with E-state index >= 15 is 0 Å². The summed E-state index contributed by atoms with van der Waals surface area (Å²) in [6.07, 6.45) is 1.71. The number of carbonyl (C=O) groups excluding carboxylic acids is 1. The van der Waals surface area contributed by atoms with Crippen molar-refractivity contribution in [1.82, 2.24) is 19.9 Å². The fourth-order valence-corrected chi connectivity index (χ4v) is 2.25. The van der Waals surface area contributed by atoms with Crippen LogP contribution in [0.4, 0.5) is 0 Å². The molecule has 0 aliphatic rings. The van der Waals surface area contributed by atoms with Gasteiger partial charge in [0.1, 0.15) is 0 Å². The van der Waals surface area contributed by atoms with Gasteiger partial charge in [-0.1, -0.05) is 29.8 Å². The highest BCUT2D eigenvalue weighted by molar-refractivity contribution is 5.73. The van der Waals surface area contributed by atoms with Crippen molar-refractivity contribution in [3.05, 3.63) is 53.9 Å². The van der Waals surface area contributed by atoms with Gasteiger partial charge in [-0.3, -0.25) is 4.79 Å². The van der Waals surface area contributed by atoms with Crippen molar-refractivity contribution in [3.63, 3.8) is 0 Å². The summed E-state index contributed by atoms with van der Waals surface area (Å²) >= 11 is 0. The van der Waals surface area contributed by atoms with E-state index in [1.807, 2.05) is 31.2 Å². The maximum absolute atomic E-state index is 11.2. The second kappa shape index (κ2) is 5.36. The first-order valence-corrected chi connectivity index (χ1v) is 6.79. The summed E-state index contributed by atoms with van der Waals surface area (Å²) in [5.41, 5.74) is 4.72. The maximum Gasteiger partial charge on any atom is 0.217 e. The molecule has 0 aliphatic carbocycles. The first-order valence-electron chi connectivity index (χ1n) is 6.79. The molecular formula is C16H16N4O. The molecule has 21 heavy (non-hydrogen) atoms. The van der Waals surface area contributed by atoms with Gasteiger partial charge in [0.05, 0.1) is 17.9 Å². The molecule has 2 aromatic heterocycles. The van der Waals surface area contributed by atoms with Crippen LogP contribution in [0.2, 0.25) is 0 Å². The lowest BCUT2D eigenvalue weighted by molar-refractivity contribution is -0.119. The molecule has 0 spiro atoms. The van der Waals surface area contributed by atoms with E-state index in [2.05, 4.69) is 27.5 Å². The normalized spacial score (nSPS) is 10.8. The Morgan fingerprint density at radius 3 is 2.71 bits per heavy atom. The van der Waals surface area contributed by atoms with Gasteiger partial charge in [0, 0.05) is 18.7 Å². The second-order valence-corrected chi connectivity index (χ2v) is 4.98. The number of nitrogens with one attached hydrogen (secondary N) is 1. The SMILES string of the molecule is CC(=O)NCc1c(-c2ccc(C)cc2)nc2cccnn12. The molecule has 5 nitrogen and oxygen atoms in total. The molecular weight excluding hydrogens is 264 g/mol. The van der Waals surface area contributed by atoms with Crippen molar-refractivity contribution in [1.29, 1.82) is 0 Å². The summed E-state index contributed by atoms with van der Waals surface area (Å²) in [7, 11) is 0. The van der Waals surface area contributed by atoms with Crippen molar-refractivity contribution in [3.8, 4) is 11.3 Å². The molecule has 0 bridgehead atoms. The lowest BCUT2D eigenvalue weighted by Gasteiger charge is -2.05. The molecule has 0 saturated heterocycles. The predicted molar refractivity (Wildman–Crippen MR) is 80.7 cm³/mol. The third-order valence-electron chi connectivity index (χ3n) is 3.32. The highest BCUT2D eigenvalue weighted by Gasteiger charge is 2.14. The molecule has 3 rings (SSSR count). The van der Waals surface area contributed by atoms with E-state index in [0.29, 0.717) is 6.54 Å². The van der Waals surface area contributed by atoms with E-state index in [1.165, 1.54) is 12.5 Å². The Labute approximate surface area is 122 Å². The third-order valence-corrected chi connectivity index (χ3v) is 3.32. The Kier molecular flexibility index (Phi) is 3.39. The van der Waals surface area contributed by atoms with E-state index in [0.717, 1.165) is 22.6 Å². The monoisotopic (exact) mass is 280 g/mol. The molecule has 2 heterocycles. The molecule has 0 fully saturated rings. The fraction of sp³-hybridized carbons (Fsp3) is 0.188. The Morgan fingerprint density at radius 1 is 1.24 bits per heavy atom. The number of aryl methyl sites for hydroxylation is 1. The Bertz CT molecular complexity index is 790. The number of imidazole rings is 1. The van der Waals surface area contributed by atoms with Crippen molar-refractivity contribution in [2.75, 3.05) is 0 Å². The third kappa shape index (κ3) is 2.63. The highest BCUT2D eigenvalue weighted by Crippen LogP contribution is 2.24. The molecule has 0 unspecified atom stereocenters. The molecule has 5 heteroatoms. The van der Waals surface area contributed by atoms with Crippen LogP contribution in [0.3, 0.4) is 0 Å². The number of carbonyl (C=O) groups is 1. The largest absolute Gasteiger partial charge is 0.351 e. The van der Waals surface area contributed by atoms with Crippen LogP contribution in [0.5, 0.6) is 0 Å². The van der Waals surface area contributed by atoms with Crippen LogP contribution in [0, 0.1) is 6.92 Å². The fourth-order valence-electron chi connectivity index (χ4n) is 2.25. The van der Waals surface area contributed by atoms with Crippen molar-refractivity contribution >= 4 is 11.6 Å². The second-order valence-electron chi connectivity index (χ2n) is 4.98. The van der Waals surface area contributed by atoms with Gasteiger partial charge < -0.3 is 5.32 Å². The van der Waals surface area contributed by atoms with Gasteiger partial charge in [0.2, 0.25) is 5.91 Å². The van der Waals surface area contributed by atoms with Crippen LogP contribution in [0.25, 0.3) is 16.9 Å². The molecule has 1 N–H and O–H groups in total. The molecule has 1 amide bonds. The number of aromatic nitrogens is 3. The molecule has 0 saturated carbocycles. The van der Waals surface area contributed by atoms with Crippen LogP contribution in [-0.4, -0.2) is 20.5 Å². The highest BCUT2D eigenvalue weighted by atomic mass is 16.1. The topological polar surface area (TPSA) is 59.3 Å². The summed E-state index contributed by atoms with van der Waals surface area (Å²) in [6.45, 7) is 3.95. The summed E-state index contributed by atoms with van der Waals surface area (Å²) in [5.74, 6) is -0.0734. The van der Waals surface area contributed by atoms with Gasteiger partial charge in [-0.15, -0.1) is 0 Å². The average Bonchev–Trinajstić information content (AvgIpc) is 2.84. The summed E-state index contributed by atoms with van der Waals surface area (Å²) < 4.78 is 1.77. The zero-order valence-electron chi connectivity index (χ0n) is 12.0. The van der Waals surface area contributed by atoms with Crippen molar-refractivity contribution < 1.29 is 4.79 Å². The van der Waals surface area contributed by atoms with E-state index in [9.17, 15) is 4.79 Å². The van der Waals surface area contributed by atoms with Crippen LogP contribution in [0.1, 0.15) is 18.2 Å². The minimum absolute atomic E-state index is 0.0734. The van der Waals surface area contributed by atoms with E-state index in [1.54, 1.807) is 10.7 Å². The smallest absolute Gasteiger partial charge is 0.217 e. The lowest BCUT2D eigenvalue weighted by atomic mass is 10.1. The zero-order valence-corrected chi connectivity index (χ0v) is 12.0. The predicted octanol–water partition coefficient (Wildman–Crippen LogP) is 2.34. The first kappa shape index (κ1) is 13.3.